The zero-order valence-corrected chi connectivity index (χ0v) is 19.4. The molecule has 0 aliphatic heterocycles. The predicted octanol–water partition coefficient (Wildman–Crippen LogP) is 6.13. The quantitative estimate of drug-likeness (QED) is 0.297. The van der Waals surface area contributed by atoms with Crippen LogP contribution in [0.5, 0.6) is 5.75 Å². The summed E-state index contributed by atoms with van der Waals surface area (Å²) in [5.41, 5.74) is 3.98. The molecule has 4 aromatic carbocycles. The number of hydrogen-bond donors (Lipinski definition) is 2. The number of carbonyl (C=O) groups is 2. The Morgan fingerprint density at radius 3 is 1.94 bits per heavy atom. The summed E-state index contributed by atoms with van der Waals surface area (Å²) < 4.78 is 5.92. The van der Waals surface area contributed by atoms with Crippen LogP contribution < -0.4 is 15.4 Å². The maximum Gasteiger partial charge on any atom is 0.259 e. The van der Waals surface area contributed by atoms with Crippen LogP contribution in [0.3, 0.4) is 0 Å². The predicted molar refractivity (Wildman–Crippen MR) is 140 cm³/mol. The minimum absolute atomic E-state index is 0.0745. The van der Waals surface area contributed by atoms with Crippen LogP contribution in [0, 0.1) is 0 Å². The molecule has 35 heavy (non-hydrogen) atoms. The van der Waals surface area contributed by atoms with E-state index in [1.54, 1.807) is 36.4 Å². The Hall–Kier alpha value is -4.38. The monoisotopic (exact) mass is 464 g/mol. The smallest absolute Gasteiger partial charge is 0.259 e. The highest BCUT2D eigenvalue weighted by molar-refractivity contribution is 6.06. The van der Waals surface area contributed by atoms with E-state index < -0.39 is 0 Å². The Balaban J connectivity index is 1.33. The minimum Gasteiger partial charge on any atom is -0.492 e. The molecule has 0 radical (unpaired) electrons. The number of aryl methyl sites for hydroxylation is 1. The Morgan fingerprint density at radius 1 is 0.629 bits per heavy atom. The number of para-hydroxylation sites is 1. The van der Waals surface area contributed by atoms with Gasteiger partial charge >= 0.3 is 0 Å². The Bertz CT molecular complexity index is 1260. The van der Waals surface area contributed by atoms with E-state index >= 15 is 0 Å². The van der Waals surface area contributed by atoms with Crippen LogP contribution >= 0.6 is 0 Å². The Kier molecular flexibility index (Phi) is 8.28. The number of anilines is 2. The van der Waals surface area contributed by atoms with E-state index in [9.17, 15) is 9.59 Å². The fourth-order valence-corrected chi connectivity index (χ4v) is 3.70. The van der Waals surface area contributed by atoms with Crippen LogP contribution in [0.15, 0.2) is 109 Å². The van der Waals surface area contributed by atoms with Crippen LogP contribution in [-0.2, 0) is 17.6 Å². The maximum atomic E-state index is 13.0. The summed E-state index contributed by atoms with van der Waals surface area (Å²) in [5, 5.41) is 5.81. The summed E-state index contributed by atoms with van der Waals surface area (Å²) in [6.45, 7) is 0.471. The molecule has 0 aliphatic carbocycles. The second kappa shape index (κ2) is 12.2. The molecule has 0 atom stereocenters. The van der Waals surface area contributed by atoms with Gasteiger partial charge in [0.1, 0.15) is 5.75 Å². The standard InChI is InChI=1S/C30H28N2O3/c33-29(19-18-23-10-3-1-4-11-23)31-25-14-9-15-26(22-25)32-30(34)27-16-7-8-17-28(27)35-21-20-24-12-5-2-6-13-24/h1-17,22H,18-21H2,(H,31,33)(H,32,34). The van der Waals surface area contributed by atoms with Gasteiger partial charge in [-0.2, -0.15) is 0 Å². The van der Waals surface area contributed by atoms with Gasteiger partial charge in [0.25, 0.3) is 5.91 Å². The lowest BCUT2D eigenvalue weighted by Crippen LogP contribution is -2.15. The number of nitrogens with one attached hydrogen (secondary N) is 2. The van der Waals surface area contributed by atoms with Crippen LogP contribution in [0.25, 0.3) is 0 Å². The van der Waals surface area contributed by atoms with Gasteiger partial charge in [0, 0.05) is 24.2 Å². The molecule has 2 N–H and O–H groups in total. The van der Waals surface area contributed by atoms with Gasteiger partial charge < -0.3 is 15.4 Å². The summed E-state index contributed by atoms with van der Waals surface area (Å²) in [6, 6.07) is 34.3. The van der Waals surface area contributed by atoms with Crippen molar-refractivity contribution in [3.8, 4) is 5.75 Å². The Morgan fingerprint density at radius 2 is 1.23 bits per heavy atom. The second-order valence-corrected chi connectivity index (χ2v) is 8.15. The van der Waals surface area contributed by atoms with Crippen LogP contribution in [0.1, 0.15) is 27.9 Å². The maximum absolute atomic E-state index is 13.0. The average Bonchev–Trinajstić information content (AvgIpc) is 2.89. The molecular weight excluding hydrogens is 436 g/mol. The second-order valence-electron chi connectivity index (χ2n) is 8.15. The molecule has 5 heteroatoms. The van der Waals surface area contributed by atoms with E-state index in [1.165, 1.54) is 5.56 Å². The van der Waals surface area contributed by atoms with Crippen molar-refractivity contribution < 1.29 is 14.3 Å². The van der Waals surface area contributed by atoms with Gasteiger partial charge in [-0.15, -0.1) is 0 Å². The third-order valence-electron chi connectivity index (χ3n) is 5.51. The first-order valence-corrected chi connectivity index (χ1v) is 11.7. The lowest BCUT2D eigenvalue weighted by atomic mass is 10.1. The Labute approximate surface area is 205 Å². The van der Waals surface area contributed by atoms with Gasteiger partial charge in [-0.3, -0.25) is 9.59 Å². The molecule has 4 aromatic rings. The average molecular weight is 465 g/mol. The summed E-state index contributed by atoms with van der Waals surface area (Å²) in [6.07, 6.45) is 1.81. The molecule has 5 nitrogen and oxygen atoms in total. The molecule has 0 heterocycles. The van der Waals surface area contributed by atoms with Crippen LogP contribution in [-0.4, -0.2) is 18.4 Å². The number of benzene rings is 4. The lowest BCUT2D eigenvalue weighted by Gasteiger charge is -2.13. The van der Waals surface area contributed by atoms with Gasteiger partial charge in [-0.1, -0.05) is 78.9 Å². The first kappa shape index (κ1) is 23.8. The number of rotatable bonds is 10. The van der Waals surface area contributed by atoms with Crippen molar-refractivity contribution in [1.82, 2.24) is 0 Å². The number of amides is 2. The van der Waals surface area contributed by atoms with Crippen molar-refractivity contribution in [2.75, 3.05) is 17.2 Å². The zero-order valence-electron chi connectivity index (χ0n) is 19.4. The molecule has 0 bridgehead atoms. The van der Waals surface area contributed by atoms with E-state index in [1.807, 2.05) is 60.7 Å². The summed E-state index contributed by atoms with van der Waals surface area (Å²) >= 11 is 0. The molecule has 0 aromatic heterocycles. The number of carbonyl (C=O) groups excluding carboxylic acids is 2. The molecule has 0 saturated heterocycles. The van der Waals surface area contributed by atoms with Gasteiger partial charge in [0.15, 0.2) is 0 Å². The molecule has 176 valence electrons. The van der Waals surface area contributed by atoms with E-state index in [4.69, 9.17) is 4.74 Å². The normalized spacial score (nSPS) is 10.4. The van der Waals surface area contributed by atoms with Crippen molar-refractivity contribution >= 4 is 23.2 Å². The first-order valence-electron chi connectivity index (χ1n) is 11.7. The fraction of sp³-hybridized carbons (Fsp3) is 0.133. The largest absolute Gasteiger partial charge is 0.492 e. The molecule has 0 aliphatic rings. The van der Waals surface area contributed by atoms with E-state index in [0.29, 0.717) is 42.1 Å². The topological polar surface area (TPSA) is 67.4 Å². The van der Waals surface area contributed by atoms with Crippen molar-refractivity contribution in [2.45, 2.75) is 19.3 Å². The molecule has 4 rings (SSSR count). The summed E-state index contributed by atoms with van der Waals surface area (Å²) in [5.74, 6) is 0.189. The van der Waals surface area contributed by atoms with Crippen LogP contribution in [0.2, 0.25) is 0 Å². The highest BCUT2D eigenvalue weighted by Gasteiger charge is 2.13. The molecule has 0 unspecified atom stereocenters. The van der Waals surface area contributed by atoms with Crippen molar-refractivity contribution in [3.63, 3.8) is 0 Å². The first-order chi connectivity index (χ1) is 17.2. The van der Waals surface area contributed by atoms with Crippen molar-refractivity contribution in [2.24, 2.45) is 0 Å². The van der Waals surface area contributed by atoms with E-state index in [0.717, 1.165) is 12.0 Å². The molecule has 0 spiro atoms. The number of ether oxygens (including phenoxy) is 1. The fourth-order valence-electron chi connectivity index (χ4n) is 3.70. The molecular formula is C30H28N2O3. The van der Waals surface area contributed by atoms with Crippen LogP contribution in [0.4, 0.5) is 11.4 Å². The lowest BCUT2D eigenvalue weighted by molar-refractivity contribution is -0.116. The molecule has 2 amide bonds. The summed E-state index contributed by atoms with van der Waals surface area (Å²) in [4.78, 5) is 25.4. The van der Waals surface area contributed by atoms with Gasteiger partial charge in [-0.25, -0.2) is 0 Å². The third-order valence-corrected chi connectivity index (χ3v) is 5.51. The highest BCUT2D eigenvalue weighted by Crippen LogP contribution is 2.22. The highest BCUT2D eigenvalue weighted by atomic mass is 16.5. The van der Waals surface area contributed by atoms with Gasteiger partial charge in [0.05, 0.1) is 12.2 Å². The van der Waals surface area contributed by atoms with Gasteiger partial charge in [-0.05, 0) is 47.9 Å². The molecule has 0 saturated carbocycles. The van der Waals surface area contributed by atoms with Crippen molar-refractivity contribution in [1.29, 1.82) is 0 Å². The van der Waals surface area contributed by atoms with E-state index in [-0.39, 0.29) is 11.8 Å². The number of hydrogen-bond acceptors (Lipinski definition) is 3. The SMILES string of the molecule is O=C(CCc1ccccc1)Nc1cccc(NC(=O)c2ccccc2OCCc2ccccc2)c1. The zero-order chi connectivity index (χ0) is 24.3. The molecule has 0 fully saturated rings. The third kappa shape index (κ3) is 7.30. The minimum atomic E-state index is -0.270. The van der Waals surface area contributed by atoms with E-state index in [2.05, 4.69) is 22.8 Å². The van der Waals surface area contributed by atoms with Gasteiger partial charge in [0.2, 0.25) is 5.91 Å². The van der Waals surface area contributed by atoms with Crippen molar-refractivity contribution in [3.05, 3.63) is 126 Å². The summed E-state index contributed by atoms with van der Waals surface area (Å²) in [7, 11) is 0.